The Hall–Kier alpha value is -0.0800. The monoisotopic (exact) mass is 394 g/mol. The number of likely N-dealkylation sites (tertiary alicyclic amines) is 1. The summed E-state index contributed by atoms with van der Waals surface area (Å²) < 4.78 is 5.52. The molecule has 6 heteroatoms. The van der Waals surface area contributed by atoms with Crippen LogP contribution in [0.1, 0.15) is 26.2 Å². The summed E-state index contributed by atoms with van der Waals surface area (Å²) in [5.74, 6) is 1.41. The van der Waals surface area contributed by atoms with Crippen LogP contribution in [-0.4, -0.2) is 67.2 Å². The summed E-state index contributed by atoms with van der Waals surface area (Å²) in [6.45, 7) is 7.97. The molecule has 3 fully saturated rings. The fraction of sp³-hybridized carbons (Fsp3) is 0.929. The lowest BCUT2D eigenvalue weighted by Gasteiger charge is -2.32. The Balaban J connectivity index is 0.00000147. The highest BCUT2D eigenvalue weighted by molar-refractivity contribution is 14.0. The number of rotatable bonds is 3. The Bertz CT molecular complexity index is 348. The van der Waals surface area contributed by atoms with Crippen molar-refractivity contribution in [3.8, 4) is 0 Å². The van der Waals surface area contributed by atoms with Crippen molar-refractivity contribution in [3.63, 3.8) is 0 Å². The smallest absolute Gasteiger partial charge is 0.191 e. The number of aliphatic imine (C=N–C) groups is 1. The van der Waals surface area contributed by atoms with Gasteiger partial charge in [-0.25, -0.2) is 0 Å². The van der Waals surface area contributed by atoms with Crippen LogP contribution in [0.15, 0.2) is 4.99 Å². The van der Waals surface area contributed by atoms with E-state index in [-0.39, 0.29) is 30.1 Å². The number of hydrogen-bond acceptors (Lipinski definition) is 3. The Morgan fingerprint density at radius 2 is 2.05 bits per heavy atom. The number of nitrogens with two attached hydrogens (primary N) is 1. The lowest BCUT2D eigenvalue weighted by molar-refractivity contribution is 0.00528. The molecule has 2 aliphatic heterocycles. The SMILES string of the molecule is CC1CN(C(N)=NCC2CCN(C3CC3)C2)CCO1.I. The van der Waals surface area contributed by atoms with Crippen LogP contribution in [0.2, 0.25) is 0 Å². The maximum absolute atomic E-state index is 6.10. The van der Waals surface area contributed by atoms with Gasteiger partial charge in [0.1, 0.15) is 0 Å². The molecule has 2 heterocycles. The molecule has 3 aliphatic rings. The average Bonchev–Trinajstić information content (AvgIpc) is 3.15. The van der Waals surface area contributed by atoms with E-state index in [1.807, 2.05) is 0 Å². The van der Waals surface area contributed by atoms with E-state index in [1.165, 1.54) is 32.4 Å². The van der Waals surface area contributed by atoms with Crippen molar-refractivity contribution in [2.24, 2.45) is 16.6 Å². The van der Waals surface area contributed by atoms with Gasteiger partial charge in [0.15, 0.2) is 5.96 Å². The number of guanidine groups is 1. The second-order valence-corrected chi connectivity index (χ2v) is 6.21. The normalized spacial score (nSPS) is 32.2. The van der Waals surface area contributed by atoms with Gasteiger partial charge in [-0.3, -0.25) is 4.99 Å². The van der Waals surface area contributed by atoms with E-state index in [2.05, 4.69) is 21.7 Å². The van der Waals surface area contributed by atoms with Crippen LogP contribution >= 0.6 is 24.0 Å². The van der Waals surface area contributed by atoms with Crippen molar-refractivity contribution in [2.45, 2.75) is 38.3 Å². The maximum Gasteiger partial charge on any atom is 0.191 e. The first-order chi connectivity index (χ1) is 9.22. The van der Waals surface area contributed by atoms with E-state index < -0.39 is 0 Å². The predicted octanol–water partition coefficient (Wildman–Crippen LogP) is 1.12. The number of morpholine rings is 1. The second kappa shape index (κ2) is 7.26. The van der Waals surface area contributed by atoms with Crippen LogP contribution in [0.4, 0.5) is 0 Å². The summed E-state index contributed by atoms with van der Waals surface area (Å²) >= 11 is 0. The van der Waals surface area contributed by atoms with Gasteiger partial charge in [0.05, 0.1) is 12.7 Å². The predicted molar refractivity (Wildman–Crippen MR) is 91.6 cm³/mol. The van der Waals surface area contributed by atoms with Gasteiger partial charge in [0.25, 0.3) is 0 Å². The molecular weight excluding hydrogens is 367 g/mol. The molecule has 2 N–H and O–H groups in total. The molecule has 0 spiro atoms. The first-order valence-corrected chi connectivity index (χ1v) is 7.63. The molecule has 116 valence electrons. The van der Waals surface area contributed by atoms with E-state index in [1.54, 1.807) is 0 Å². The minimum atomic E-state index is 0. The molecule has 0 aromatic heterocycles. The minimum absolute atomic E-state index is 0. The van der Waals surface area contributed by atoms with Crippen molar-refractivity contribution in [1.82, 2.24) is 9.80 Å². The molecule has 3 rings (SSSR count). The van der Waals surface area contributed by atoms with Gasteiger partial charge in [-0.2, -0.15) is 0 Å². The molecule has 0 aromatic rings. The lowest BCUT2D eigenvalue weighted by atomic mass is 10.1. The molecule has 0 radical (unpaired) electrons. The third-order valence-electron chi connectivity index (χ3n) is 4.46. The van der Waals surface area contributed by atoms with E-state index >= 15 is 0 Å². The maximum atomic E-state index is 6.10. The highest BCUT2D eigenvalue weighted by Crippen LogP contribution is 2.31. The van der Waals surface area contributed by atoms with Gasteiger partial charge < -0.3 is 20.3 Å². The summed E-state index contributed by atoms with van der Waals surface area (Å²) in [5.41, 5.74) is 6.10. The molecule has 2 atom stereocenters. The lowest BCUT2D eigenvalue weighted by Crippen LogP contribution is -2.48. The molecule has 1 saturated carbocycles. The van der Waals surface area contributed by atoms with Gasteiger partial charge in [-0.1, -0.05) is 0 Å². The van der Waals surface area contributed by atoms with Crippen LogP contribution in [0, 0.1) is 5.92 Å². The summed E-state index contributed by atoms with van der Waals surface area (Å²) in [6, 6.07) is 0.895. The Kier molecular flexibility index (Phi) is 5.92. The average molecular weight is 394 g/mol. The van der Waals surface area contributed by atoms with Crippen LogP contribution in [0.5, 0.6) is 0 Å². The van der Waals surface area contributed by atoms with E-state index in [9.17, 15) is 0 Å². The molecule has 2 unspecified atom stereocenters. The summed E-state index contributed by atoms with van der Waals surface area (Å²) in [6.07, 6.45) is 4.36. The topological polar surface area (TPSA) is 54.1 Å². The molecular formula is C14H27IN4O. The highest BCUT2D eigenvalue weighted by Gasteiger charge is 2.34. The fourth-order valence-electron chi connectivity index (χ4n) is 3.13. The van der Waals surface area contributed by atoms with Crippen LogP contribution in [0.25, 0.3) is 0 Å². The van der Waals surface area contributed by atoms with Gasteiger partial charge >= 0.3 is 0 Å². The Morgan fingerprint density at radius 1 is 1.25 bits per heavy atom. The van der Waals surface area contributed by atoms with Gasteiger partial charge in [-0.05, 0) is 38.6 Å². The van der Waals surface area contributed by atoms with Gasteiger partial charge in [-0.15, -0.1) is 24.0 Å². The molecule has 0 amide bonds. The van der Waals surface area contributed by atoms with Crippen molar-refractivity contribution < 1.29 is 4.74 Å². The third-order valence-corrected chi connectivity index (χ3v) is 4.46. The molecule has 0 bridgehead atoms. The second-order valence-electron chi connectivity index (χ2n) is 6.21. The molecule has 1 aliphatic carbocycles. The number of hydrogen-bond donors (Lipinski definition) is 1. The van der Waals surface area contributed by atoms with E-state index in [4.69, 9.17) is 10.5 Å². The van der Waals surface area contributed by atoms with Crippen molar-refractivity contribution in [1.29, 1.82) is 0 Å². The zero-order valence-electron chi connectivity index (χ0n) is 12.3. The van der Waals surface area contributed by atoms with Gasteiger partial charge in [0.2, 0.25) is 0 Å². The number of ether oxygens (including phenoxy) is 1. The van der Waals surface area contributed by atoms with Crippen LogP contribution in [-0.2, 0) is 4.74 Å². The first-order valence-electron chi connectivity index (χ1n) is 7.63. The molecule has 20 heavy (non-hydrogen) atoms. The zero-order chi connectivity index (χ0) is 13.2. The van der Waals surface area contributed by atoms with Crippen molar-refractivity contribution in [3.05, 3.63) is 0 Å². The quantitative estimate of drug-likeness (QED) is 0.443. The summed E-state index contributed by atoms with van der Waals surface area (Å²) in [5, 5.41) is 0. The van der Waals surface area contributed by atoms with Crippen LogP contribution < -0.4 is 5.73 Å². The Morgan fingerprint density at radius 3 is 2.75 bits per heavy atom. The van der Waals surface area contributed by atoms with E-state index in [0.29, 0.717) is 11.9 Å². The summed E-state index contributed by atoms with van der Waals surface area (Å²) in [7, 11) is 0. The highest BCUT2D eigenvalue weighted by atomic mass is 127. The molecule has 2 saturated heterocycles. The Labute approximate surface area is 138 Å². The minimum Gasteiger partial charge on any atom is -0.375 e. The van der Waals surface area contributed by atoms with E-state index in [0.717, 1.165) is 32.3 Å². The number of nitrogens with zero attached hydrogens (tertiary/aromatic N) is 3. The zero-order valence-corrected chi connectivity index (χ0v) is 14.7. The van der Waals surface area contributed by atoms with Crippen LogP contribution in [0.3, 0.4) is 0 Å². The van der Waals surface area contributed by atoms with Gasteiger partial charge in [0, 0.05) is 32.2 Å². The van der Waals surface area contributed by atoms with Crippen molar-refractivity contribution in [2.75, 3.05) is 39.3 Å². The van der Waals surface area contributed by atoms with Crippen molar-refractivity contribution >= 4 is 29.9 Å². The molecule has 5 nitrogen and oxygen atoms in total. The largest absolute Gasteiger partial charge is 0.375 e. The first kappa shape index (κ1) is 16.3. The fourth-order valence-corrected chi connectivity index (χ4v) is 3.13. The molecule has 0 aromatic carbocycles. The number of halogens is 1. The standard InChI is InChI=1S/C14H26N4O.HI/c1-11-9-18(6-7-19-11)14(15)16-8-12-4-5-17(10-12)13-2-3-13;/h11-13H,2-10H2,1H3,(H2,15,16);1H. The summed E-state index contributed by atoms with van der Waals surface area (Å²) in [4.78, 5) is 9.40. The third kappa shape index (κ3) is 4.21.